The first-order valence-electron chi connectivity index (χ1n) is 19.0. The molecule has 0 N–H and O–H groups in total. The van der Waals surface area contributed by atoms with Gasteiger partial charge in [-0.3, -0.25) is 0 Å². The van der Waals surface area contributed by atoms with Gasteiger partial charge in [0.15, 0.2) is 0 Å². The third-order valence-electron chi connectivity index (χ3n) is 12.5. The Hall–Kier alpha value is -5.72. The van der Waals surface area contributed by atoms with Gasteiger partial charge in [0.25, 0.3) is 0 Å². The number of benzene rings is 7. The van der Waals surface area contributed by atoms with Gasteiger partial charge in [-0.05, 0) is 134 Å². The van der Waals surface area contributed by atoms with Gasteiger partial charge >= 0.3 is 0 Å². The van der Waals surface area contributed by atoms with E-state index >= 15 is 0 Å². The molecule has 0 amide bonds. The fourth-order valence-corrected chi connectivity index (χ4v) is 9.57. The Kier molecular flexibility index (Phi) is 7.61. The molecule has 7 aromatic rings. The molecule has 0 spiro atoms. The van der Waals surface area contributed by atoms with Crippen molar-refractivity contribution in [1.82, 2.24) is 0 Å². The molecule has 0 saturated carbocycles. The maximum Gasteiger partial charge on any atom is 0.0227 e. The second kappa shape index (κ2) is 12.2. The average molecular weight is 683 g/mol. The van der Waals surface area contributed by atoms with Crippen LogP contribution in [0.3, 0.4) is 0 Å². The monoisotopic (exact) mass is 682 g/mol. The Balaban J connectivity index is 1.17. The van der Waals surface area contributed by atoms with Crippen LogP contribution in [0.1, 0.15) is 67.5 Å². The Bertz CT molecular complexity index is 2730. The van der Waals surface area contributed by atoms with Crippen LogP contribution in [0.2, 0.25) is 0 Å². The molecule has 9 rings (SSSR count). The fraction of sp³-hybridized carbons (Fsp3) is 0.170. The van der Waals surface area contributed by atoms with E-state index in [2.05, 4.69) is 188 Å². The summed E-state index contributed by atoms with van der Waals surface area (Å²) in [6.45, 7) is 18.2. The minimum Gasteiger partial charge on any atom is -0.0991 e. The summed E-state index contributed by atoms with van der Waals surface area (Å²) < 4.78 is 0. The van der Waals surface area contributed by atoms with Crippen molar-refractivity contribution in [2.24, 2.45) is 0 Å². The van der Waals surface area contributed by atoms with Gasteiger partial charge in [-0.1, -0.05) is 171 Å². The number of rotatable bonds is 6. The zero-order valence-electron chi connectivity index (χ0n) is 31.8. The van der Waals surface area contributed by atoms with Crippen LogP contribution in [-0.2, 0) is 10.8 Å². The lowest BCUT2D eigenvalue weighted by Crippen LogP contribution is -2.22. The molecular weight excluding hydrogens is 637 g/mol. The van der Waals surface area contributed by atoms with E-state index in [1.165, 1.54) is 105 Å². The molecule has 0 aromatic heterocycles. The van der Waals surface area contributed by atoms with Crippen molar-refractivity contribution in [3.63, 3.8) is 0 Å². The first-order chi connectivity index (χ1) is 25.6. The van der Waals surface area contributed by atoms with E-state index in [1.807, 2.05) is 6.08 Å². The quantitative estimate of drug-likeness (QED) is 0.153. The van der Waals surface area contributed by atoms with E-state index in [9.17, 15) is 0 Å². The minimum atomic E-state index is -0.237. The van der Waals surface area contributed by atoms with Crippen LogP contribution >= 0.6 is 0 Å². The first-order valence-corrected chi connectivity index (χ1v) is 19.0. The SMILES string of the molecule is C=CC=C(CC1(C)c2ccccc2-c2ccc(-c3ccc4cc(C)ccc4c3)cc21)C1=C(C)C(C)(C)c2c1cccc2-c1ccc2cc(C)ccc2c1. The number of aryl methyl sites for hydroxylation is 2. The Morgan fingerprint density at radius 2 is 1.08 bits per heavy atom. The van der Waals surface area contributed by atoms with E-state index < -0.39 is 0 Å². The van der Waals surface area contributed by atoms with Gasteiger partial charge in [0.2, 0.25) is 0 Å². The predicted molar refractivity (Wildman–Crippen MR) is 229 cm³/mol. The van der Waals surface area contributed by atoms with Crippen LogP contribution in [0.5, 0.6) is 0 Å². The summed E-state index contributed by atoms with van der Waals surface area (Å²) in [5, 5.41) is 5.13. The van der Waals surface area contributed by atoms with Gasteiger partial charge in [0.1, 0.15) is 0 Å². The van der Waals surface area contributed by atoms with Gasteiger partial charge in [-0.2, -0.15) is 0 Å². The van der Waals surface area contributed by atoms with E-state index in [1.54, 1.807) is 0 Å². The highest BCUT2D eigenvalue weighted by molar-refractivity contribution is 5.96. The summed E-state index contributed by atoms with van der Waals surface area (Å²) in [7, 11) is 0. The molecule has 0 fully saturated rings. The van der Waals surface area contributed by atoms with E-state index in [4.69, 9.17) is 0 Å². The number of fused-ring (bicyclic) bond motifs is 6. The third-order valence-corrected chi connectivity index (χ3v) is 12.5. The molecule has 0 aliphatic heterocycles. The summed E-state index contributed by atoms with van der Waals surface area (Å²) in [6, 6.07) is 50.5. The molecule has 2 aliphatic carbocycles. The standard InChI is InChI=1S/C53H46/c1-8-12-43(50-35(4)52(5,6)51-44(14-11-15-47(50)51)42-24-23-37-28-34(3)18-20-39(37)30-42)32-53(7)48-16-10-9-13-45(48)46-26-25-41(31-49(46)53)40-22-21-36-27-33(2)17-19-38(36)29-40/h8-31H,1,32H2,2-7H3. The second-order valence-electron chi connectivity index (χ2n) is 16.2. The zero-order valence-corrected chi connectivity index (χ0v) is 31.8. The van der Waals surface area contributed by atoms with Crippen molar-refractivity contribution in [2.45, 2.75) is 58.8 Å². The molecule has 258 valence electrons. The first kappa shape index (κ1) is 33.1. The Labute approximate surface area is 314 Å². The molecule has 0 radical (unpaired) electrons. The lowest BCUT2D eigenvalue weighted by molar-refractivity contribution is 0.586. The van der Waals surface area contributed by atoms with Gasteiger partial charge in [0, 0.05) is 10.8 Å². The normalized spacial score (nSPS) is 17.3. The van der Waals surface area contributed by atoms with E-state index in [-0.39, 0.29) is 10.8 Å². The molecule has 2 aliphatic rings. The highest BCUT2D eigenvalue weighted by Gasteiger charge is 2.43. The van der Waals surface area contributed by atoms with Crippen molar-refractivity contribution in [3.05, 3.63) is 197 Å². The van der Waals surface area contributed by atoms with Gasteiger partial charge < -0.3 is 0 Å². The Morgan fingerprint density at radius 3 is 1.79 bits per heavy atom. The highest BCUT2D eigenvalue weighted by atomic mass is 14.5. The number of hydrogen-bond donors (Lipinski definition) is 0. The molecule has 7 aromatic carbocycles. The van der Waals surface area contributed by atoms with Gasteiger partial charge in [0.05, 0.1) is 0 Å². The third kappa shape index (κ3) is 5.19. The van der Waals surface area contributed by atoms with Crippen LogP contribution in [0.25, 0.3) is 60.5 Å². The lowest BCUT2D eigenvalue weighted by Gasteiger charge is -2.30. The van der Waals surface area contributed by atoms with Gasteiger partial charge in [-0.15, -0.1) is 0 Å². The molecule has 1 atom stereocenters. The van der Waals surface area contributed by atoms with Crippen molar-refractivity contribution in [2.75, 3.05) is 0 Å². The van der Waals surface area contributed by atoms with Crippen LogP contribution in [-0.4, -0.2) is 0 Å². The average Bonchev–Trinajstić information content (AvgIpc) is 3.53. The van der Waals surface area contributed by atoms with Crippen LogP contribution in [0, 0.1) is 13.8 Å². The highest BCUT2D eigenvalue weighted by Crippen LogP contribution is 2.57. The molecule has 0 bridgehead atoms. The second-order valence-corrected chi connectivity index (χ2v) is 16.2. The largest absolute Gasteiger partial charge is 0.0991 e. The summed E-state index contributed by atoms with van der Waals surface area (Å²) in [5.74, 6) is 0. The van der Waals surface area contributed by atoms with Crippen molar-refractivity contribution in [3.8, 4) is 33.4 Å². The molecule has 0 saturated heterocycles. The lowest BCUT2D eigenvalue weighted by atomic mass is 9.72. The molecule has 0 heterocycles. The molecule has 53 heavy (non-hydrogen) atoms. The number of hydrogen-bond acceptors (Lipinski definition) is 0. The van der Waals surface area contributed by atoms with Crippen molar-refractivity contribution >= 4 is 27.1 Å². The van der Waals surface area contributed by atoms with Gasteiger partial charge in [-0.25, -0.2) is 0 Å². The minimum absolute atomic E-state index is 0.141. The topological polar surface area (TPSA) is 0 Å². The molecular formula is C53H46. The maximum absolute atomic E-state index is 4.26. The van der Waals surface area contributed by atoms with Crippen molar-refractivity contribution < 1.29 is 0 Å². The summed E-state index contributed by atoms with van der Waals surface area (Å²) >= 11 is 0. The molecule has 0 heteroatoms. The van der Waals surface area contributed by atoms with E-state index in [0.29, 0.717) is 0 Å². The van der Waals surface area contributed by atoms with Crippen LogP contribution in [0.4, 0.5) is 0 Å². The summed E-state index contributed by atoms with van der Waals surface area (Å²) in [4.78, 5) is 0. The predicted octanol–water partition coefficient (Wildman–Crippen LogP) is 14.5. The smallest absolute Gasteiger partial charge is 0.0227 e. The van der Waals surface area contributed by atoms with Crippen LogP contribution < -0.4 is 0 Å². The molecule has 1 unspecified atom stereocenters. The summed E-state index contributed by atoms with van der Waals surface area (Å²) in [5.41, 5.74) is 19.7. The van der Waals surface area contributed by atoms with Crippen LogP contribution in [0.15, 0.2) is 163 Å². The number of allylic oxidation sites excluding steroid dienone is 5. The maximum atomic E-state index is 4.26. The Morgan fingerprint density at radius 1 is 0.528 bits per heavy atom. The van der Waals surface area contributed by atoms with Crippen molar-refractivity contribution in [1.29, 1.82) is 0 Å². The fourth-order valence-electron chi connectivity index (χ4n) is 9.57. The summed E-state index contributed by atoms with van der Waals surface area (Å²) in [6.07, 6.45) is 5.15. The van der Waals surface area contributed by atoms with E-state index in [0.717, 1.165) is 6.42 Å². The molecule has 0 nitrogen and oxygen atoms in total. The zero-order chi connectivity index (χ0) is 36.6.